The molecule has 0 saturated carbocycles. The van der Waals surface area contributed by atoms with Crippen molar-refractivity contribution in [1.29, 1.82) is 0 Å². The standard InChI is InChI=1S/C29H29N5/c1-6-11-23(27-12-9-10-13-31-27)24-16-28(32-20(24)5)29-25(26(8-3)33-34-29)14-19(4)22-15-21(7-2)17-30-18-22/h6,8-18,32-33H,1,4,7H2,2-3,5H3/b23-11+,25-14+,26-8+. The maximum absolute atomic E-state index is 4.64. The second-order valence-corrected chi connectivity index (χ2v) is 8.05. The van der Waals surface area contributed by atoms with Crippen LogP contribution in [0.15, 0.2) is 74.2 Å². The molecule has 0 fully saturated rings. The van der Waals surface area contributed by atoms with Gasteiger partial charge >= 0.3 is 0 Å². The molecule has 4 aromatic rings. The summed E-state index contributed by atoms with van der Waals surface area (Å²) < 4.78 is 0. The van der Waals surface area contributed by atoms with E-state index in [-0.39, 0.29) is 0 Å². The number of aryl methyl sites for hydroxylation is 2. The van der Waals surface area contributed by atoms with Gasteiger partial charge in [0.25, 0.3) is 0 Å². The number of pyridine rings is 2. The normalized spacial score (nSPS) is 12.9. The number of allylic oxidation sites excluding steroid dienone is 3. The van der Waals surface area contributed by atoms with Gasteiger partial charge in [0.2, 0.25) is 0 Å². The minimum absolute atomic E-state index is 0.835. The van der Waals surface area contributed by atoms with Gasteiger partial charge < -0.3 is 4.98 Å². The smallest absolute Gasteiger partial charge is 0.116 e. The molecule has 4 heterocycles. The lowest BCUT2D eigenvalue weighted by molar-refractivity contribution is 1.06. The van der Waals surface area contributed by atoms with E-state index in [0.717, 1.165) is 62.0 Å². The van der Waals surface area contributed by atoms with Gasteiger partial charge in [0.1, 0.15) is 5.69 Å². The fraction of sp³-hybridized carbons (Fsp3) is 0.138. The van der Waals surface area contributed by atoms with E-state index in [1.807, 2.05) is 49.7 Å². The molecule has 4 aromatic heterocycles. The van der Waals surface area contributed by atoms with Gasteiger partial charge in [-0.15, -0.1) is 0 Å². The van der Waals surface area contributed by atoms with E-state index in [9.17, 15) is 0 Å². The van der Waals surface area contributed by atoms with Gasteiger partial charge in [-0.1, -0.05) is 44.4 Å². The molecule has 0 bridgehead atoms. The number of aromatic amines is 2. The second kappa shape index (κ2) is 10.1. The molecule has 0 radical (unpaired) electrons. The Labute approximate surface area is 200 Å². The molecule has 170 valence electrons. The van der Waals surface area contributed by atoms with Crippen LogP contribution in [0, 0.1) is 6.92 Å². The number of nitrogens with zero attached hydrogens (tertiary/aromatic N) is 3. The monoisotopic (exact) mass is 447 g/mol. The maximum atomic E-state index is 4.64. The largest absolute Gasteiger partial charge is 0.357 e. The van der Waals surface area contributed by atoms with Crippen molar-refractivity contribution in [2.24, 2.45) is 0 Å². The van der Waals surface area contributed by atoms with Gasteiger partial charge in [0.15, 0.2) is 0 Å². The number of hydrogen-bond acceptors (Lipinski definition) is 3. The molecule has 5 nitrogen and oxygen atoms in total. The summed E-state index contributed by atoms with van der Waals surface area (Å²) >= 11 is 0. The van der Waals surface area contributed by atoms with Crippen LogP contribution < -0.4 is 10.6 Å². The molecule has 0 saturated heterocycles. The summed E-state index contributed by atoms with van der Waals surface area (Å²) in [5, 5.41) is 9.72. The van der Waals surface area contributed by atoms with Gasteiger partial charge in [-0.25, -0.2) is 0 Å². The Morgan fingerprint density at radius 3 is 2.74 bits per heavy atom. The van der Waals surface area contributed by atoms with Crippen LogP contribution in [-0.4, -0.2) is 25.1 Å². The SMILES string of the molecule is C=C/C=C(/c1ccccn1)c1cc(-c2n[nH]c(=C/C)/c2=C\C(=C)c2cncc(CC)c2)[nH]c1C. The van der Waals surface area contributed by atoms with Crippen LogP contribution in [0.5, 0.6) is 0 Å². The third-order valence-electron chi connectivity index (χ3n) is 5.80. The second-order valence-electron chi connectivity index (χ2n) is 8.05. The van der Waals surface area contributed by atoms with Crippen LogP contribution in [0.2, 0.25) is 0 Å². The molecule has 0 aromatic carbocycles. The zero-order valence-corrected chi connectivity index (χ0v) is 19.9. The third kappa shape index (κ3) is 4.59. The molecule has 0 spiro atoms. The molecule has 0 unspecified atom stereocenters. The van der Waals surface area contributed by atoms with Gasteiger partial charge in [-0.2, -0.15) is 5.10 Å². The van der Waals surface area contributed by atoms with Crippen LogP contribution in [0.1, 0.15) is 41.9 Å². The maximum Gasteiger partial charge on any atom is 0.116 e. The summed E-state index contributed by atoms with van der Waals surface area (Å²) in [7, 11) is 0. The lowest BCUT2D eigenvalue weighted by Crippen LogP contribution is -2.23. The first-order valence-corrected chi connectivity index (χ1v) is 11.4. The molecular weight excluding hydrogens is 418 g/mol. The Balaban J connectivity index is 1.83. The third-order valence-corrected chi connectivity index (χ3v) is 5.80. The van der Waals surface area contributed by atoms with Crippen molar-refractivity contribution in [1.82, 2.24) is 25.1 Å². The van der Waals surface area contributed by atoms with E-state index < -0.39 is 0 Å². The summed E-state index contributed by atoms with van der Waals surface area (Å²) in [6.07, 6.45) is 14.3. The molecule has 34 heavy (non-hydrogen) atoms. The van der Waals surface area contributed by atoms with E-state index in [1.165, 1.54) is 5.56 Å². The van der Waals surface area contributed by atoms with E-state index in [4.69, 9.17) is 0 Å². The Morgan fingerprint density at radius 1 is 1.18 bits per heavy atom. The van der Waals surface area contributed by atoms with E-state index in [0.29, 0.717) is 0 Å². The molecule has 0 aliphatic rings. The van der Waals surface area contributed by atoms with E-state index in [1.54, 1.807) is 12.3 Å². The fourth-order valence-corrected chi connectivity index (χ4v) is 3.97. The molecule has 0 aliphatic heterocycles. The highest BCUT2D eigenvalue weighted by Gasteiger charge is 2.15. The van der Waals surface area contributed by atoms with Crippen molar-refractivity contribution < 1.29 is 0 Å². The van der Waals surface area contributed by atoms with E-state index in [2.05, 4.69) is 70.4 Å². The van der Waals surface area contributed by atoms with Crippen LogP contribution in [0.25, 0.3) is 34.7 Å². The Kier molecular flexibility index (Phi) is 6.83. The number of hydrogen-bond donors (Lipinski definition) is 2. The van der Waals surface area contributed by atoms with E-state index >= 15 is 0 Å². The first-order valence-electron chi connectivity index (χ1n) is 11.4. The molecule has 0 atom stereocenters. The first-order chi connectivity index (χ1) is 16.5. The number of H-pyrrole nitrogens is 2. The molecule has 0 amide bonds. The average Bonchev–Trinajstić information content (AvgIpc) is 3.45. The van der Waals surface area contributed by atoms with Gasteiger partial charge in [-0.3, -0.25) is 15.1 Å². The quantitative estimate of drug-likeness (QED) is 0.393. The highest BCUT2D eigenvalue weighted by Crippen LogP contribution is 2.28. The molecule has 5 heteroatoms. The molecule has 4 rings (SSSR count). The molecular formula is C29H29N5. The Bertz CT molecular complexity index is 1480. The highest BCUT2D eigenvalue weighted by molar-refractivity contribution is 5.88. The fourth-order valence-electron chi connectivity index (χ4n) is 3.97. The number of rotatable bonds is 7. The van der Waals surface area contributed by atoms with Crippen molar-refractivity contribution in [2.75, 3.05) is 0 Å². The minimum Gasteiger partial charge on any atom is -0.357 e. The van der Waals surface area contributed by atoms with Gasteiger partial charge in [0, 0.05) is 40.6 Å². The average molecular weight is 448 g/mol. The predicted octanol–water partition coefficient (Wildman–Crippen LogP) is 4.98. The first kappa shape index (κ1) is 22.9. The van der Waals surface area contributed by atoms with Crippen LogP contribution >= 0.6 is 0 Å². The predicted molar refractivity (Wildman–Crippen MR) is 141 cm³/mol. The Morgan fingerprint density at radius 2 is 2.03 bits per heavy atom. The van der Waals surface area contributed by atoms with Crippen molar-refractivity contribution >= 4 is 23.3 Å². The summed E-state index contributed by atoms with van der Waals surface area (Å²) in [4.78, 5) is 12.4. The topological polar surface area (TPSA) is 70.2 Å². The molecule has 0 aliphatic carbocycles. The lowest BCUT2D eigenvalue weighted by atomic mass is 10.0. The highest BCUT2D eigenvalue weighted by atomic mass is 15.1. The van der Waals surface area contributed by atoms with Crippen molar-refractivity contribution in [3.8, 4) is 11.4 Å². The zero-order valence-electron chi connectivity index (χ0n) is 19.9. The summed E-state index contributed by atoms with van der Waals surface area (Å²) in [6.45, 7) is 14.4. The summed E-state index contributed by atoms with van der Waals surface area (Å²) in [6, 6.07) is 10.2. The van der Waals surface area contributed by atoms with Gasteiger partial charge in [0.05, 0.1) is 16.7 Å². The van der Waals surface area contributed by atoms with Crippen LogP contribution in [0.3, 0.4) is 0 Å². The van der Waals surface area contributed by atoms with Crippen LogP contribution in [0.4, 0.5) is 0 Å². The zero-order chi connectivity index (χ0) is 24.1. The van der Waals surface area contributed by atoms with Crippen molar-refractivity contribution in [2.45, 2.75) is 27.2 Å². The van der Waals surface area contributed by atoms with Crippen molar-refractivity contribution in [3.05, 3.63) is 113 Å². The van der Waals surface area contributed by atoms with Crippen LogP contribution in [-0.2, 0) is 6.42 Å². The number of nitrogens with one attached hydrogen (secondary N) is 2. The number of aromatic nitrogens is 5. The van der Waals surface area contributed by atoms with Gasteiger partial charge in [-0.05, 0) is 67.3 Å². The summed E-state index contributed by atoms with van der Waals surface area (Å²) in [5.74, 6) is 0. The lowest BCUT2D eigenvalue weighted by Gasteiger charge is -2.05. The molecule has 2 N–H and O–H groups in total. The summed E-state index contributed by atoms with van der Waals surface area (Å²) in [5.41, 5.74) is 8.81. The Hall–Kier alpha value is -4.25. The van der Waals surface area contributed by atoms with Crippen molar-refractivity contribution in [3.63, 3.8) is 0 Å². The minimum atomic E-state index is 0.835.